The summed E-state index contributed by atoms with van der Waals surface area (Å²) < 4.78 is 11.5. The van der Waals surface area contributed by atoms with Crippen LogP contribution in [0.5, 0.6) is 5.88 Å². The Kier molecular flexibility index (Phi) is 6.84. The summed E-state index contributed by atoms with van der Waals surface area (Å²) in [4.78, 5) is 42.2. The highest BCUT2D eigenvalue weighted by Gasteiger charge is 2.24. The van der Waals surface area contributed by atoms with Crippen LogP contribution in [0.4, 0.5) is 10.7 Å². The number of imidazole rings is 1. The van der Waals surface area contributed by atoms with Gasteiger partial charge in [-0.3, -0.25) is 4.98 Å². The average molecular weight is 500 g/mol. The van der Waals surface area contributed by atoms with Gasteiger partial charge in [-0.25, -0.2) is 14.6 Å². The lowest BCUT2D eigenvalue weighted by Gasteiger charge is -2.29. The number of H-pyrrole nitrogens is 2. The number of hydrogen-bond donors (Lipinski definition) is 5. The van der Waals surface area contributed by atoms with Crippen LogP contribution in [0.3, 0.4) is 0 Å². The normalized spacial score (nSPS) is 21.1. The smallest absolute Gasteiger partial charge is 0.407 e. The van der Waals surface area contributed by atoms with E-state index in [4.69, 9.17) is 9.47 Å². The van der Waals surface area contributed by atoms with Crippen molar-refractivity contribution in [3.63, 3.8) is 0 Å². The lowest BCUT2D eigenvalue weighted by Crippen LogP contribution is -2.41. The van der Waals surface area contributed by atoms with Crippen molar-refractivity contribution >= 4 is 23.8 Å². The first-order chi connectivity index (χ1) is 17.5. The number of amides is 1. The monoisotopic (exact) mass is 499 g/mol. The van der Waals surface area contributed by atoms with E-state index in [9.17, 15) is 14.7 Å². The SMILES string of the molecule is COCCOC(=O)NC1CCC(Nc2nc(=NC3CC3)n3nc/c(=C/c4[nH]c(=O)[nH]c4O)c3n2)CC1. The van der Waals surface area contributed by atoms with Gasteiger partial charge in [-0.15, -0.1) is 0 Å². The molecule has 192 valence electrons. The molecule has 2 aliphatic carbocycles. The Labute approximate surface area is 204 Å². The first kappa shape index (κ1) is 23.8. The molecule has 0 unspecified atom stereocenters. The molecule has 0 aliphatic heterocycles. The summed E-state index contributed by atoms with van der Waals surface area (Å²) in [7, 11) is 1.56. The van der Waals surface area contributed by atoms with Crippen molar-refractivity contribution in [2.45, 2.75) is 56.7 Å². The standard InChI is InChI=1S/C22H29N9O5/c1-35-8-9-36-22(34)26-15-6-2-13(3-7-15)24-19-28-17-12(10-16-18(32)29-21(33)27-16)11-23-31(17)20(30-19)25-14-4-5-14/h10-11,13-15,32H,2-9H2,1H3,(H,26,34)(H,24,25,30)(H2,27,29,33)/b12-10-. The van der Waals surface area contributed by atoms with E-state index in [1.54, 1.807) is 23.9 Å². The fourth-order valence-electron chi connectivity index (χ4n) is 4.14. The molecule has 3 aromatic heterocycles. The first-order valence-electron chi connectivity index (χ1n) is 12.0. The topological polar surface area (TPSA) is 184 Å². The van der Waals surface area contributed by atoms with Gasteiger partial charge < -0.3 is 30.2 Å². The minimum absolute atomic E-state index is 0.0501. The number of aromatic nitrogens is 6. The Morgan fingerprint density at radius 3 is 2.67 bits per heavy atom. The van der Waals surface area contributed by atoms with Crippen molar-refractivity contribution < 1.29 is 19.4 Å². The van der Waals surface area contributed by atoms with Gasteiger partial charge in [0.15, 0.2) is 5.65 Å². The van der Waals surface area contributed by atoms with E-state index in [0.717, 1.165) is 38.5 Å². The molecule has 2 saturated carbocycles. The zero-order valence-electron chi connectivity index (χ0n) is 19.9. The number of fused-ring (bicyclic) bond motifs is 1. The van der Waals surface area contributed by atoms with Crippen molar-refractivity contribution in [3.8, 4) is 5.88 Å². The fourth-order valence-corrected chi connectivity index (χ4v) is 4.14. The van der Waals surface area contributed by atoms with E-state index in [2.05, 4.69) is 40.7 Å². The molecule has 2 aliphatic rings. The number of hydrogen-bond acceptors (Lipinski definition) is 10. The molecule has 1 amide bonds. The zero-order valence-corrected chi connectivity index (χ0v) is 19.9. The van der Waals surface area contributed by atoms with Gasteiger partial charge in [-0.2, -0.15) is 19.6 Å². The van der Waals surface area contributed by atoms with Gasteiger partial charge in [-0.05, 0) is 44.6 Å². The maximum absolute atomic E-state index is 11.9. The van der Waals surface area contributed by atoms with Gasteiger partial charge in [0, 0.05) is 24.4 Å². The van der Waals surface area contributed by atoms with Crippen LogP contribution in [0.2, 0.25) is 0 Å². The van der Waals surface area contributed by atoms with Gasteiger partial charge >= 0.3 is 11.8 Å². The predicted octanol–water partition coefficient (Wildman–Crippen LogP) is -0.447. The number of methoxy groups -OCH3 is 1. The van der Waals surface area contributed by atoms with Crippen LogP contribution in [0, 0.1) is 0 Å². The maximum atomic E-state index is 11.9. The third kappa shape index (κ3) is 5.64. The highest BCUT2D eigenvalue weighted by Crippen LogP contribution is 2.23. The third-order valence-electron chi connectivity index (χ3n) is 6.16. The second-order valence-corrected chi connectivity index (χ2v) is 8.99. The quantitative estimate of drug-likeness (QED) is 0.256. The Morgan fingerprint density at radius 1 is 1.19 bits per heavy atom. The molecule has 0 radical (unpaired) electrons. The summed E-state index contributed by atoms with van der Waals surface area (Å²) in [6.45, 7) is 0.589. The number of rotatable bonds is 8. The van der Waals surface area contributed by atoms with Crippen LogP contribution in [0.25, 0.3) is 11.7 Å². The van der Waals surface area contributed by atoms with Crippen LogP contribution < -0.4 is 27.2 Å². The third-order valence-corrected chi connectivity index (χ3v) is 6.16. The molecule has 0 bridgehead atoms. The summed E-state index contributed by atoms with van der Waals surface area (Å²) in [6.07, 6.45) is 8.02. The van der Waals surface area contributed by atoms with Crippen LogP contribution in [0.1, 0.15) is 44.2 Å². The number of aromatic hydroxyl groups is 1. The lowest BCUT2D eigenvalue weighted by atomic mass is 9.91. The Hall–Kier alpha value is -3.94. The van der Waals surface area contributed by atoms with Crippen molar-refractivity contribution in [2.24, 2.45) is 4.99 Å². The predicted molar refractivity (Wildman–Crippen MR) is 127 cm³/mol. The van der Waals surface area contributed by atoms with Crippen molar-refractivity contribution in [1.29, 1.82) is 0 Å². The average Bonchev–Trinajstić information content (AvgIpc) is 3.49. The molecule has 0 atom stereocenters. The van der Waals surface area contributed by atoms with Gasteiger partial charge in [-0.1, -0.05) is 0 Å². The van der Waals surface area contributed by atoms with E-state index in [0.29, 0.717) is 29.0 Å². The summed E-state index contributed by atoms with van der Waals surface area (Å²) in [5.41, 5.74) is 0.674. The zero-order chi connectivity index (χ0) is 25.1. The minimum atomic E-state index is -0.509. The van der Waals surface area contributed by atoms with E-state index in [1.807, 2.05) is 0 Å². The molecule has 3 aromatic rings. The first-order valence-corrected chi connectivity index (χ1v) is 12.0. The molecule has 5 N–H and O–H groups in total. The Morgan fingerprint density at radius 2 is 1.97 bits per heavy atom. The highest BCUT2D eigenvalue weighted by atomic mass is 16.6. The molecule has 0 aromatic carbocycles. The van der Waals surface area contributed by atoms with Gasteiger partial charge in [0.25, 0.3) is 5.62 Å². The summed E-state index contributed by atoms with van der Waals surface area (Å²) in [6, 6.07) is 0.404. The molecule has 36 heavy (non-hydrogen) atoms. The number of alkyl carbamates (subject to hydrolysis) is 1. The molecule has 5 rings (SSSR count). The number of aromatic amines is 2. The van der Waals surface area contributed by atoms with E-state index in [1.165, 1.54) is 0 Å². The second kappa shape index (κ2) is 10.4. The summed E-state index contributed by atoms with van der Waals surface area (Å²) >= 11 is 0. The van der Waals surface area contributed by atoms with Crippen molar-refractivity contribution in [1.82, 2.24) is 34.9 Å². The number of nitrogens with one attached hydrogen (secondary N) is 4. The fraction of sp³-hybridized carbons (Fsp3) is 0.545. The molecule has 0 saturated heterocycles. The van der Waals surface area contributed by atoms with Gasteiger partial charge in [0.1, 0.15) is 12.3 Å². The lowest BCUT2D eigenvalue weighted by molar-refractivity contribution is 0.0950. The molecule has 14 heteroatoms. The van der Waals surface area contributed by atoms with Gasteiger partial charge in [0.2, 0.25) is 11.8 Å². The van der Waals surface area contributed by atoms with Crippen molar-refractivity contribution in [3.05, 3.63) is 33.2 Å². The van der Waals surface area contributed by atoms with E-state index < -0.39 is 11.8 Å². The van der Waals surface area contributed by atoms with Crippen LogP contribution in [-0.2, 0) is 9.47 Å². The molecule has 2 fully saturated rings. The molecular formula is C22H29N9O5. The van der Waals surface area contributed by atoms with Gasteiger partial charge in [0.05, 0.1) is 18.8 Å². The number of ether oxygens (including phenoxy) is 2. The Bertz CT molecular complexity index is 1400. The molecule has 3 heterocycles. The van der Waals surface area contributed by atoms with E-state index >= 15 is 0 Å². The number of anilines is 1. The summed E-state index contributed by atoms with van der Waals surface area (Å²) in [5, 5.41) is 21.2. The number of carbonyl (C=O) groups is 1. The van der Waals surface area contributed by atoms with Crippen LogP contribution in [0.15, 0.2) is 16.0 Å². The molecule has 0 spiro atoms. The van der Waals surface area contributed by atoms with E-state index in [-0.39, 0.29) is 36.3 Å². The van der Waals surface area contributed by atoms with Crippen LogP contribution in [-0.4, -0.2) is 79.2 Å². The number of nitrogens with zero attached hydrogens (tertiary/aromatic N) is 5. The minimum Gasteiger partial charge on any atom is -0.493 e. The highest BCUT2D eigenvalue weighted by molar-refractivity contribution is 5.67. The Balaban J connectivity index is 1.33. The second-order valence-electron chi connectivity index (χ2n) is 8.99. The summed E-state index contributed by atoms with van der Waals surface area (Å²) in [5.74, 6) is 0.168. The molecule has 14 nitrogen and oxygen atoms in total. The number of carbonyl (C=O) groups excluding carboxylic acids is 1. The van der Waals surface area contributed by atoms with Crippen molar-refractivity contribution in [2.75, 3.05) is 25.6 Å². The largest absolute Gasteiger partial charge is 0.493 e. The van der Waals surface area contributed by atoms with Crippen LogP contribution >= 0.6 is 0 Å². The maximum Gasteiger partial charge on any atom is 0.407 e. The molecular weight excluding hydrogens is 470 g/mol.